The van der Waals surface area contributed by atoms with Gasteiger partial charge in [0.05, 0.1) is 5.69 Å². The highest BCUT2D eigenvalue weighted by Crippen LogP contribution is 2.20. The largest absolute Gasteiger partial charge is 0.397 e. The predicted octanol–water partition coefficient (Wildman–Crippen LogP) is 2.82. The second-order valence-corrected chi connectivity index (χ2v) is 4.59. The van der Waals surface area contributed by atoms with Crippen LogP contribution in [0.5, 0.6) is 0 Å². The van der Waals surface area contributed by atoms with Crippen LogP contribution in [-0.4, -0.2) is 10.5 Å². The van der Waals surface area contributed by atoms with Gasteiger partial charge in [-0.2, -0.15) is 0 Å². The standard InChI is InChI=1S/C13H14ClN3O/c1-8-3-4-10(6-11(8)14)16-13(18)12-5-9(15)7-17(12)2/h3-7H,15H2,1-2H3,(H,16,18). The molecule has 1 heterocycles. The third kappa shape index (κ3) is 2.49. The number of anilines is 2. The molecular formula is C13H14ClN3O. The minimum atomic E-state index is -0.214. The maximum atomic E-state index is 12.0. The van der Waals surface area contributed by atoms with E-state index in [0.29, 0.717) is 22.1 Å². The van der Waals surface area contributed by atoms with Crippen LogP contribution in [0.2, 0.25) is 5.02 Å². The summed E-state index contributed by atoms with van der Waals surface area (Å²) in [5.41, 5.74) is 8.33. The summed E-state index contributed by atoms with van der Waals surface area (Å²) in [5.74, 6) is -0.214. The SMILES string of the molecule is Cc1ccc(NC(=O)c2cc(N)cn2C)cc1Cl. The van der Waals surface area contributed by atoms with E-state index in [4.69, 9.17) is 17.3 Å². The first-order valence-corrected chi connectivity index (χ1v) is 5.84. The van der Waals surface area contributed by atoms with Crippen LogP contribution in [0, 0.1) is 6.92 Å². The van der Waals surface area contributed by atoms with Gasteiger partial charge in [-0.05, 0) is 30.7 Å². The third-order valence-electron chi connectivity index (χ3n) is 2.69. The number of nitrogen functional groups attached to an aromatic ring is 1. The molecule has 0 aliphatic rings. The smallest absolute Gasteiger partial charge is 0.272 e. The molecule has 18 heavy (non-hydrogen) atoms. The van der Waals surface area contributed by atoms with E-state index in [1.807, 2.05) is 19.1 Å². The summed E-state index contributed by atoms with van der Waals surface area (Å²) in [6.07, 6.45) is 1.69. The van der Waals surface area contributed by atoms with E-state index in [0.717, 1.165) is 5.56 Å². The van der Waals surface area contributed by atoms with Gasteiger partial charge < -0.3 is 15.6 Å². The first kappa shape index (κ1) is 12.5. The van der Waals surface area contributed by atoms with Crippen LogP contribution in [0.15, 0.2) is 30.5 Å². The maximum Gasteiger partial charge on any atom is 0.272 e. The summed E-state index contributed by atoms with van der Waals surface area (Å²) < 4.78 is 1.68. The van der Waals surface area contributed by atoms with Gasteiger partial charge in [-0.3, -0.25) is 4.79 Å². The highest BCUT2D eigenvalue weighted by molar-refractivity contribution is 6.31. The zero-order valence-corrected chi connectivity index (χ0v) is 11.0. The van der Waals surface area contributed by atoms with E-state index < -0.39 is 0 Å². The van der Waals surface area contributed by atoms with Gasteiger partial charge >= 0.3 is 0 Å². The van der Waals surface area contributed by atoms with E-state index in [1.165, 1.54) is 0 Å². The van der Waals surface area contributed by atoms with Crippen molar-refractivity contribution in [3.05, 3.63) is 46.7 Å². The minimum absolute atomic E-state index is 0.214. The number of benzene rings is 1. The monoisotopic (exact) mass is 263 g/mol. The average molecular weight is 264 g/mol. The second-order valence-electron chi connectivity index (χ2n) is 4.19. The van der Waals surface area contributed by atoms with Crippen molar-refractivity contribution in [3.8, 4) is 0 Å². The molecule has 0 saturated carbocycles. The maximum absolute atomic E-state index is 12.0. The fourth-order valence-electron chi connectivity index (χ4n) is 1.68. The number of hydrogen-bond acceptors (Lipinski definition) is 2. The molecule has 2 aromatic rings. The number of halogens is 1. The summed E-state index contributed by atoms with van der Waals surface area (Å²) in [4.78, 5) is 12.0. The fourth-order valence-corrected chi connectivity index (χ4v) is 1.86. The lowest BCUT2D eigenvalue weighted by Crippen LogP contribution is -2.15. The van der Waals surface area contributed by atoms with Crippen molar-refractivity contribution in [2.75, 3.05) is 11.1 Å². The Hall–Kier alpha value is -1.94. The van der Waals surface area contributed by atoms with Crippen molar-refractivity contribution in [1.82, 2.24) is 4.57 Å². The van der Waals surface area contributed by atoms with Gasteiger partial charge in [0, 0.05) is 24.0 Å². The molecule has 4 nitrogen and oxygen atoms in total. The van der Waals surface area contributed by atoms with Crippen LogP contribution < -0.4 is 11.1 Å². The lowest BCUT2D eigenvalue weighted by Gasteiger charge is -2.07. The summed E-state index contributed by atoms with van der Waals surface area (Å²) in [5, 5.41) is 3.40. The van der Waals surface area contributed by atoms with Gasteiger partial charge in [-0.1, -0.05) is 17.7 Å². The predicted molar refractivity (Wildman–Crippen MR) is 74.0 cm³/mol. The van der Waals surface area contributed by atoms with Crippen molar-refractivity contribution >= 4 is 28.9 Å². The number of amides is 1. The van der Waals surface area contributed by atoms with E-state index in [2.05, 4.69) is 5.32 Å². The van der Waals surface area contributed by atoms with Gasteiger partial charge in [-0.25, -0.2) is 0 Å². The van der Waals surface area contributed by atoms with E-state index >= 15 is 0 Å². The van der Waals surface area contributed by atoms with Gasteiger partial charge in [0.2, 0.25) is 0 Å². The van der Waals surface area contributed by atoms with E-state index in [9.17, 15) is 4.79 Å². The first-order valence-electron chi connectivity index (χ1n) is 5.46. The number of rotatable bonds is 2. The van der Waals surface area contributed by atoms with Gasteiger partial charge in [0.1, 0.15) is 5.69 Å². The minimum Gasteiger partial charge on any atom is -0.397 e. The Labute approximate surface area is 110 Å². The molecule has 1 amide bonds. The third-order valence-corrected chi connectivity index (χ3v) is 3.10. The Balaban J connectivity index is 2.21. The Morgan fingerprint density at radius 2 is 2.11 bits per heavy atom. The van der Waals surface area contributed by atoms with Crippen molar-refractivity contribution < 1.29 is 4.79 Å². The van der Waals surface area contributed by atoms with Crippen molar-refractivity contribution in [1.29, 1.82) is 0 Å². The van der Waals surface area contributed by atoms with Crippen LogP contribution in [-0.2, 0) is 7.05 Å². The molecule has 3 N–H and O–H groups in total. The zero-order valence-electron chi connectivity index (χ0n) is 10.2. The van der Waals surface area contributed by atoms with Crippen LogP contribution in [0.25, 0.3) is 0 Å². The molecule has 0 radical (unpaired) electrons. The van der Waals surface area contributed by atoms with E-state index in [1.54, 1.807) is 29.9 Å². The lowest BCUT2D eigenvalue weighted by atomic mass is 10.2. The highest BCUT2D eigenvalue weighted by Gasteiger charge is 2.11. The highest BCUT2D eigenvalue weighted by atomic mass is 35.5. The molecule has 0 fully saturated rings. The number of carbonyl (C=O) groups excluding carboxylic acids is 1. The number of nitrogens with two attached hydrogens (primary N) is 1. The summed E-state index contributed by atoms with van der Waals surface area (Å²) >= 11 is 6.00. The zero-order chi connectivity index (χ0) is 13.3. The average Bonchev–Trinajstić information content (AvgIpc) is 2.63. The van der Waals surface area contributed by atoms with Crippen LogP contribution in [0.4, 0.5) is 11.4 Å². The van der Waals surface area contributed by atoms with Crippen LogP contribution in [0.3, 0.4) is 0 Å². The van der Waals surface area contributed by atoms with Crippen molar-refractivity contribution in [3.63, 3.8) is 0 Å². The number of nitrogens with zero attached hydrogens (tertiary/aromatic N) is 1. The van der Waals surface area contributed by atoms with Gasteiger partial charge in [0.15, 0.2) is 0 Å². The summed E-state index contributed by atoms with van der Waals surface area (Å²) in [6, 6.07) is 7.02. The fraction of sp³-hybridized carbons (Fsp3) is 0.154. The van der Waals surface area contributed by atoms with Crippen molar-refractivity contribution in [2.24, 2.45) is 7.05 Å². The lowest BCUT2D eigenvalue weighted by molar-refractivity contribution is 0.101. The van der Waals surface area contributed by atoms with Crippen LogP contribution in [0.1, 0.15) is 16.1 Å². The summed E-state index contributed by atoms with van der Waals surface area (Å²) in [7, 11) is 1.77. The van der Waals surface area contributed by atoms with E-state index in [-0.39, 0.29) is 5.91 Å². The topological polar surface area (TPSA) is 60.1 Å². The second kappa shape index (κ2) is 4.74. The molecule has 0 bridgehead atoms. The Morgan fingerprint density at radius 1 is 1.39 bits per heavy atom. The Kier molecular flexibility index (Phi) is 3.30. The normalized spacial score (nSPS) is 10.4. The molecule has 0 atom stereocenters. The number of hydrogen-bond donors (Lipinski definition) is 2. The van der Waals surface area contributed by atoms with Gasteiger partial charge in [0.25, 0.3) is 5.91 Å². The molecular weight excluding hydrogens is 250 g/mol. The summed E-state index contributed by atoms with van der Waals surface area (Å²) in [6.45, 7) is 1.91. The molecule has 0 unspecified atom stereocenters. The number of aromatic nitrogens is 1. The molecule has 94 valence electrons. The first-order chi connectivity index (χ1) is 8.47. The molecule has 2 rings (SSSR count). The Bertz CT molecular complexity index is 604. The number of carbonyl (C=O) groups is 1. The molecule has 0 spiro atoms. The molecule has 1 aromatic carbocycles. The molecule has 5 heteroatoms. The molecule has 0 aliphatic heterocycles. The Morgan fingerprint density at radius 3 is 2.67 bits per heavy atom. The molecule has 0 aliphatic carbocycles. The number of aryl methyl sites for hydroxylation is 2. The number of nitrogens with one attached hydrogen (secondary N) is 1. The van der Waals surface area contributed by atoms with Gasteiger partial charge in [-0.15, -0.1) is 0 Å². The molecule has 0 saturated heterocycles. The molecule has 1 aromatic heterocycles. The quantitative estimate of drug-likeness (QED) is 0.875. The van der Waals surface area contributed by atoms with Crippen molar-refractivity contribution in [2.45, 2.75) is 6.92 Å². The van der Waals surface area contributed by atoms with Crippen LogP contribution >= 0.6 is 11.6 Å².